The quantitative estimate of drug-likeness (QED) is 0.359. The van der Waals surface area contributed by atoms with Gasteiger partial charge in [0.05, 0.1) is 24.6 Å². The SMILES string of the molecule is COc1cc(CC=Cc2ccc(O)c3c2CC2CC4C(N(C)C)C(=O)C(C(N)=O)C(=O)C4(O)C(=O)C2C3=O)ccc1O. The number of phenols is 2. The van der Waals surface area contributed by atoms with Gasteiger partial charge in [-0.1, -0.05) is 24.3 Å². The van der Waals surface area contributed by atoms with Gasteiger partial charge in [0.1, 0.15) is 5.75 Å². The van der Waals surface area contributed by atoms with Crippen molar-refractivity contribution >= 4 is 35.1 Å². The Morgan fingerprint density at radius 3 is 2.43 bits per heavy atom. The first-order valence-corrected chi connectivity index (χ1v) is 13.5. The summed E-state index contributed by atoms with van der Waals surface area (Å²) in [6, 6.07) is 6.82. The van der Waals surface area contributed by atoms with Crippen LogP contribution in [0.1, 0.15) is 33.5 Å². The predicted molar refractivity (Wildman–Crippen MR) is 149 cm³/mol. The van der Waals surface area contributed by atoms with Crippen molar-refractivity contribution in [3.05, 3.63) is 58.7 Å². The Morgan fingerprint density at radius 2 is 1.79 bits per heavy atom. The number of hydrogen-bond acceptors (Lipinski definition) is 10. The summed E-state index contributed by atoms with van der Waals surface area (Å²) in [4.78, 5) is 67.8. The molecule has 0 bridgehead atoms. The number of ketones is 4. The van der Waals surface area contributed by atoms with Gasteiger partial charge in [0, 0.05) is 5.92 Å². The predicted octanol–water partition coefficient (Wildman–Crippen LogP) is 0.837. The molecule has 0 aliphatic heterocycles. The number of nitrogens with two attached hydrogens (primary N) is 1. The van der Waals surface area contributed by atoms with Gasteiger partial charge in [-0.05, 0) is 74.2 Å². The first kappa shape index (κ1) is 29.2. The molecule has 2 aromatic carbocycles. The van der Waals surface area contributed by atoms with Crippen molar-refractivity contribution in [2.45, 2.75) is 30.9 Å². The van der Waals surface area contributed by atoms with Gasteiger partial charge in [0.15, 0.2) is 46.2 Å². The second kappa shape index (κ2) is 10.5. The highest BCUT2D eigenvalue weighted by atomic mass is 16.5. The van der Waals surface area contributed by atoms with Crippen molar-refractivity contribution < 1.29 is 44.0 Å². The number of methoxy groups -OCH3 is 1. The van der Waals surface area contributed by atoms with Gasteiger partial charge < -0.3 is 25.8 Å². The van der Waals surface area contributed by atoms with Crippen LogP contribution in [0.2, 0.25) is 0 Å². The fourth-order valence-corrected chi connectivity index (χ4v) is 6.96. The number of primary amides is 1. The summed E-state index contributed by atoms with van der Waals surface area (Å²) in [5.41, 5.74) is 4.55. The van der Waals surface area contributed by atoms with Crippen LogP contribution in [-0.2, 0) is 32.0 Å². The smallest absolute Gasteiger partial charge is 0.235 e. The monoisotopic (exact) mass is 576 g/mol. The van der Waals surface area contributed by atoms with Crippen molar-refractivity contribution in [2.75, 3.05) is 21.2 Å². The number of likely N-dealkylation sites (N-methyl/N-ethyl adjacent to an activating group) is 1. The number of hydrogen-bond donors (Lipinski definition) is 4. The van der Waals surface area contributed by atoms with Crippen LogP contribution in [0, 0.1) is 23.7 Å². The van der Waals surface area contributed by atoms with Crippen LogP contribution in [0.15, 0.2) is 36.4 Å². The molecule has 1 amide bonds. The Balaban J connectivity index is 1.52. The highest BCUT2D eigenvalue weighted by Crippen LogP contribution is 2.51. The Labute approximate surface area is 241 Å². The number of ether oxygens (including phenoxy) is 1. The third-order valence-corrected chi connectivity index (χ3v) is 8.88. The molecule has 220 valence electrons. The summed E-state index contributed by atoms with van der Waals surface area (Å²) in [6.45, 7) is 0. The zero-order valence-electron chi connectivity index (χ0n) is 23.4. The number of carbonyl (C=O) groups is 5. The number of allylic oxidation sites excluding steroid dienone is 1. The second-order valence-electron chi connectivity index (χ2n) is 11.4. The third kappa shape index (κ3) is 4.31. The topological polar surface area (TPSA) is 185 Å². The molecule has 0 heterocycles. The summed E-state index contributed by atoms with van der Waals surface area (Å²) in [5.74, 6) is -10.4. The molecule has 3 aliphatic carbocycles. The van der Waals surface area contributed by atoms with Crippen LogP contribution >= 0.6 is 0 Å². The zero-order valence-corrected chi connectivity index (χ0v) is 23.4. The molecule has 3 aliphatic rings. The Kier molecular flexibility index (Phi) is 7.28. The van der Waals surface area contributed by atoms with E-state index in [2.05, 4.69) is 0 Å². The standard InChI is InChI=1S/C31H32N2O9/c1-33(2)25-18-13-16-12-17-15(6-4-5-14-7-9-19(34)21(11-14)42-3)8-10-20(35)23(17)26(36)22(16)28(38)31(18,41)29(39)24(27(25)37)30(32)40/h4,6-11,16,18,22,24-25,34-35,41H,5,12-13H2,1-3H3,(H2,32,40). The lowest BCUT2D eigenvalue weighted by atomic mass is 9.52. The lowest BCUT2D eigenvalue weighted by Crippen LogP contribution is -2.74. The van der Waals surface area contributed by atoms with Gasteiger partial charge in [0.25, 0.3) is 0 Å². The van der Waals surface area contributed by atoms with E-state index in [0.717, 1.165) is 5.56 Å². The molecule has 11 nitrogen and oxygen atoms in total. The maximum absolute atomic E-state index is 13.9. The van der Waals surface area contributed by atoms with Crippen molar-refractivity contribution in [3.8, 4) is 17.2 Å². The van der Waals surface area contributed by atoms with Gasteiger partial charge in [-0.3, -0.25) is 28.9 Å². The number of nitrogens with zero attached hydrogens (tertiary/aromatic N) is 1. The van der Waals surface area contributed by atoms with E-state index < -0.39 is 64.4 Å². The van der Waals surface area contributed by atoms with E-state index in [-0.39, 0.29) is 29.9 Å². The van der Waals surface area contributed by atoms with Gasteiger partial charge in [-0.15, -0.1) is 0 Å². The molecule has 5 N–H and O–H groups in total. The summed E-state index contributed by atoms with van der Waals surface area (Å²) in [7, 11) is 4.53. The average Bonchev–Trinajstić information content (AvgIpc) is 2.92. The van der Waals surface area contributed by atoms with E-state index in [4.69, 9.17) is 10.5 Å². The van der Waals surface area contributed by atoms with E-state index in [9.17, 15) is 39.3 Å². The molecule has 0 spiro atoms. The highest BCUT2D eigenvalue weighted by Gasteiger charge is 2.69. The summed E-state index contributed by atoms with van der Waals surface area (Å²) >= 11 is 0. The number of rotatable bonds is 6. The van der Waals surface area contributed by atoms with Crippen LogP contribution in [0.4, 0.5) is 0 Å². The molecular formula is C31H32N2O9. The number of aromatic hydroxyl groups is 2. The first-order chi connectivity index (χ1) is 19.8. The van der Waals surface area contributed by atoms with E-state index >= 15 is 0 Å². The molecule has 0 aromatic heterocycles. The molecule has 2 fully saturated rings. The Bertz CT molecular complexity index is 1560. The van der Waals surface area contributed by atoms with Gasteiger partial charge in [0.2, 0.25) is 5.91 Å². The molecule has 6 unspecified atom stereocenters. The van der Waals surface area contributed by atoms with E-state index in [1.54, 1.807) is 38.4 Å². The van der Waals surface area contributed by atoms with Gasteiger partial charge in [-0.2, -0.15) is 0 Å². The van der Waals surface area contributed by atoms with E-state index in [0.29, 0.717) is 23.3 Å². The molecule has 2 saturated carbocycles. The molecule has 0 saturated heterocycles. The normalized spacial score (nSPS) is 28.9. The van der Waals surface area contributed by atoms with Gasteiger partial charge >= 0.3 is 0 Å². The summed E-state index contributed by atoms with van der Waals surface area (Å²) in [6.07, 6.45) is 4.27. The van der Waals surface area contributed by atoms with Gasteiger partial charge in [-0.25, -0.2) is 0 Å². The van der Waals surface area contributed by atoms with Crippen molar-refractivity contribution in [1.29, 1.82) is 0 Å². The number of carbonyl (C=O) groups excluding carboxylic acids is 5. The number of benzene rings is 2. The minimum absolute atomic E-state index is 0.0165. The lowest BCUT2D eigenvalue weighted by Gasteiger charge is -2.52. The molecule has 6 atom stereocenters. The molecule has 42 heavy (non-hydrogen) atoms. The number of fused-ring (bicyclic) bond motifs is 3. The Hall–Kier alpha value is -4.35. The molecule has 0 radical (unpaired) electrons. The maximum atomic E-state index is 13.9. The number of Topliss-reactive ketones (excluding diaryl/α,β-unsaturated/α-hetero) is 4. The lowest BCUT2D eigenvalue weighted by molar-refractivity contribution is -0.181. The summed E-state index contributed by atoms with van der Waals surface area (Å²) < 4.78 is 5.15. The molecule has 2 aromatic rings. The molecule has 11 heteroatoms. The minimum Gasteiger partial charge on any atom is -0.507 e. The zero-order chi connectivity index (χ0) is 30.7. The number of amides is 1. The number of phenolic OH excluding ortho intramolecular Hbond substituents is 2. The Morgan fingerprint density at radius 1 is 1.10 bits per heavy atom. The largest absolute Gasteiger partial charge is 0.507 e. The van der Waals surface area contributed by atoms with E-state index in [1.165, 1.54) is 24.1 Å². The highest BCUT2D eigenvalue weighted by molar-refractivity contribution is 6.32. The maximum Gasteiger partial charge on any atom is 0.235 e. The van der Waals surface area contributed by atoms with Crippen LogP contribution in [0.3, 0.4) is 0 Å². The van der Waals surface area contributed by atoms with Crippen LogP contribution in [0.5, 0.6) is 17.2 Å². The minimum atomic E-state index is -2.75. The average molecular weight is 577 g/mol. The third-order valence-electron chi connectivity index (χ3n) is 8.88. The summed E-state index contributed by atoms with van der Waals surface area (Å²) in [5, 5.41) is 32.2. The van der Waals surface area contributed by atoms with Crippen LogP contribution < -0.4 is 10.5 Å². The molecular weight excluding hydrogens is 544 g/mol. The van der Waals surface area contributed by atoms with Crippen molar-refractivity contribution in [3.63, 3.8) is 0 Å². The van der Waals surface area contributed by atoms with Crippen LogP contribution in [0.25, 0.3) is 6.08 Å². The second-order valence-corrected chi connectivity index (χ2v) is 11.4. The number of aliphatic hydroxyl groups is 1. The van der Waals surface area contributed by atoms with Crippen LogP contribution in [-0.4, -0.2) is 82.1 Å². The molecule has 5 rings (SSSR count). The first-order valence-electron chi connectivity index (χ1n) is 13.5. The fraction of sp³-hybridized carbons (Fsp3) is 0.387. The van der Waals surface area contributed by atoms with Crippen molar-refractivity contribution in [1.82, 2.24) is 4.90 Å². The van der Waals surface area contributed by atoms with Crippen molar-refractivity contribution in [2.24, 2.45) is 29.4 Å². The van der Waals surface area contributed by atoms with E-state index in [1.807, 2.05) is 6.08 Å². The fourth-order valence-electron chi connectivity index (χ4n) is 6.96.